The van der Waals surface area contributed by atoms with Crippen molar-refractivity contribution in [2.45, 2.75) is 5.88 Å². The van der Waals surface area contributed by atoms with Gasteiger partial charge in [0.15, 0.2) is 0 Å². The number of nitro benzene ring substituents is 1. The molecule has 0 saturated carbocycles. The Morgan fingerprint density at radius 3 is 2.60 bits per heavy atom. The highest BCUT2D eigenvalue weighted by molar-refractivity contribution is 6.17. The fourth-order valence-electron chi connectivity index (χ4n) is 1.60. The lowest BCUT2D eigenvalue weighted by molar-refractivity contribution is -0.385. The summed E-state index contributed by atoms with van der Waals surface area (Å²) in [5, 5.41) is 10.8. The summed E-state index contributed by atoms with van der Waals surface area (Å²) in [6.45, 7) is 0. The average molecular weight is 300 g/mol. The Bertz CT molecular complexity index is 664. The van der Waals surface area contributed by atoms with Gasteiger partial charge in [-0.15, -0.1) is 11.6 Å². The van der Waals surface area contributed by atoms with Crippen molar-refractivity contribution < 1.29 is 18.4 Å². The molecule has 2 aromatic carbocycles. The number of nitrogens with zero attached hydrogens (tertiary/aromatic N) is 1. The third-order valence-electron chi connectivity index (χ3n) is 2.55. The molecule has 0 spiro atoms. The van der Waals surface area contributed by atoms with Gasteiger partial charge < -0.3 is 4.74 Å². The van der Waals surface area contributed by atoms with Gasteiger partial charge in [0.05, 0.1) is 10.8 Å². The second kappa shape index (κ2) is 5.83. The summed E-state index contributed by atoms with van der Waals surface area (Å²) in [6.07, 6.45) is 0. The predicted molar refractivity (Wildman–Crippen MR) is 69.1 cm³/mol. The van der Waals surface area contributed by atoms with E-state index >= 15 is 0 Å². The number of alkyl halides is 1. The van der Waals surface area contributed by atoms with Gasteiger partial charge in [0, 0.05) is 17.7 Å². The van der Waals surface area contributed by atoms with Crippen LogP contribution >= 0.6 is 11.6 Å². The van der Waals surface area contributed by atoms with Crippen molar-refractivity contribution in [1.29, 1.82) is 0 Å². The highest BCUT2D eigenvalue weighted by atomic mass is 35.5. The molecule has 0 fully saturated rings. The molecule has 4 nitrogen and oxygen atoms in total. The molecule has 0 saturated heterocycles. The summed E-state index contributed by atoms with van der Waals surface area (Å²) in [4.78, 5) is 10.1. The van der Waals surface area contributed by atoms with Crippen LogP contribution in [0.4, 0.5) is 14.5 Å². The van der Waals surface area contributed by atoms with E-state index in [0.29, 0.717) is 0 Å². The van der Waals surface area contributed by atoms with E-state index in [9.17, 15) is 18.9 Å². The van der Waals surface area contributed by atoms with Crippen LogP contribution in [0, 0.1) is 21.7 Å². The number of halogens is 3. The second-order valence-corrected chi connectivity index (χ2v) is 4.09. The molecule has 0 atom stereocenters. The lowest BCUT2D eigenvalue weighted by atomic mass is 10.2. The third-order valence-corrected chi connectivity index (χ3v) is 2.82. The zero-order valence-electron chi connectivity index (χ0n) is 9.98. The number of ether oxygens (including phenoxy) is 1. The van der Waals surface area contributed by atoms with E-state index in [2.05, 4.69) is 0 Å². The highest BCUT2D eigenvalue weighted by Gasteiger charge is 2.18. The number of rotatable bonds is 4. The number of nitro groups is 1. The molecule has 2 aromatic rings. The number of hydrogen-bond acceptors (Lipinski definition) is 3. The van der Waals surface area contributed by atoms with Crippen LogP contribution in [-0.2, 0) is 5.88 Å². The van der Waals surface area contributed by atoms with Crippen LogP contribution in [0.2, 0.25) is 0 Å². The Morgan fingerprint density at radius 2 is 1.95 bits per heavy atom. The fraction of sp³-hybridized carbons (Fsp3) is 0.0769. The van der Waals surface area contributed by atoms with Crippen molar-refractivity contribution in [2.24, 2.45) is 0 Å². The van der Waals surface area contributed by atoms with Crippen molar-refractivity contribution in [1.82, 2.24) is 0 Å². The minimum Gasteiger partial charge on any atom is -0.450 e. The van der Waals surface area contributed by atoms with Gasteiger partial charge in [0.2, 0.25) is 5.75 Å². The Hall–Kier alpha value is -2.21. The average Bonchev–Trinajstić information content (AvgIpc) is 2.38. The lowest BCUT2D eigenvalue weighted by Crippen LogP contribution is -1.97. The zero-order valence-corrected chi connectivity index (χ0v) is 10.7. The molecule has 20 heavy (non-hydrogen) atoms. The minimum absolute atomic E-state index is 0.00806. The van der Waals surface area contributed by atoms with Crippen molar-refractivity contribution in [3.63, 3.8) is 0 Å². The molecular formula is C13H8ClF2NO3. The molecule has 0 radical (unpaired) electrons. The first-order valence-electron chi connectivity index (χ1n) is 5.48. The monoisotopic (exact) mass is 299 g/mol. The van der Waals surface area contributed by atoms with Crippen LogP contribution in [0.5, 0.6) is 11.5 Å². The van der Waals surface area contributed by atoms with Gasteiger partial charge in [0.1, 0.15) is 17.4 Å². The third kappa shape index (κ3) is 2.85. The predicted octanol–water partition coefficient (Wildman–Crippen LogP) is 4.40. The number of hydrogen-bond donors (Lipinski definition) is 0. The van der Waals surface area contributed by atoms with Crippen LogP contribution in [0.25, 0.3) is 0 Å². The molecule has 0 heterocycles. The summed E-state index contributed by atoms with van der Waals surface area (Å²) in [6, 6.07) is 6.73. The zero-order chi connectivity index (χ0) is 14.7. The molecule has 7 heteroatoms. The van der Waals surface area contributed by atoms with Gasteiger partial charge >= 0.3 is 5.69 Å². The second-order valence-electron chi connectivity index (χ2n) is 3.82. The van der Waals surface area contributed by atoms with E-state index in [0.717, 1.165) is 18.2 Å². The highest BCUT2D eigenvalue weighted by Crippen LogP contribution is 2.34. The van der Waals surface area contributed by atoms with Gasteiger partial charge in [-0.05, 0) is 18.2 Å². The first-order valence-corrected chi connectivity index (χ1v) is 6.01. The fourth-order valence-corrected chi connectivity index (χ4v) is 1.86. The number of benzene rings is 2. The van der Waals surface area contributed by atoms with Crippen LogP contribution in [0.1, 0.15) is 5.56 Å². The Labute approximate surface area is 117 Å². The summed E-state index contributed by atoms with van der Waals surface area (Å²) in [5.74, 6) is -1.78. The summed E-state index contributed by atoms with van der Waals surface area (Å²) in [7, 11) is 0. The molecule has 104 valence electrons. The van der Waals surface area contributed by atoms with Gasteiger partial charge in [-0.2, -0.15) is 0 Å². The lowest BCUT2D eigenvalue weighted by Gasteiger charge is -2.10. The standard InChI is InChI=1S/C13H8ClF2NO3/c14-7-9-10(16)2-1-3-12(9)20-13-6-8(15)4-5-11(13)17(18)19/h1-6H,7H2. The first-order chi connectivity index (χ1) is 9.52. The molecule has 0 unspecified atom stereocenters. The minimum atomic E-state index is -0.714. The summed E-state index contributed by atoms with van der Waals surface area (Å²) < 4.78 is 31.9. The largest absolute Gasteiger partial charge is 0.450 e. The van der Waals surface area contributed by atoms with Crippen LogP contribution in [-0.4, -0.2) is 4.92 Å². The molecular weight excluding hydrogens is 292 g/mol. The maximum Gasteiger partial charge on any atom is 0.311 e. The van der Waals surface area contributed by atoms with Crippen molar-refractivity contribution in [3.8, 4) is 11.5 Å². The van der Waals surface area contributed by atoms with E-state index in [4.69, 9.17) is 16.3 Å². The van der Waals surface area contributed by atoms with E-state index < -0.39 is 22.2 Å². The topological polar surface area (TPSA) is 52.4 Å². The van der Waals surface area contributed by atoms with Gasteiger partial charge in [0.25, 0.3) is 0 Å². The van der Waals surface area contributed by atoms with Gasteiger partial charge in [-0.1, -0.05) is 6.07 Å². The van der Waals surface area contributed by atoms with Gasteiger partial charge in [-0.25, -0.2) is 8.78 Å². The molecule has 0 aromatic heterocycles. The maximum atomic E-state index is 13.5. The normalized spacial score (nSPS) is 10.3. The summed E-state index contributed by atoms with van der Waals surface area (Å²) in [5.41, 5.74) is -0.371. The van der Waals surface area contributed by atoms with E-state index in [1.54, 1.807) is 0 Å². The molecule has 0 aliphatic carbocycles. The SMILES string of the molecule is O=[N+]([O-])c1ccc(F)cc1Oc1cccc(F)c1CCl. The smallest absolute Gasteiger partial charge is 0.311 e. The van der Waals surface area contributed by atoms with Crippen molar-refractivity contribution in [2.75, 3.05) is 0 Å². The van der Waals surface area contributed by atoms with Crippen LogP contribution < -0.4 is 4.74 Å². The molecule has 0 amide bonds. The summed E-state index contributed by atoms with van der Waals surface area (Å²) >= 11 is 5.61. The Kier molecular flexibility index (Phi) is 4.14. The molecule has 2 rings (SSSR count). The van der Waals surface area contributed by atoms with E-state index in [1.807, 2.05) is 0 Å². The molecule has 0 aliphatic heterocycles. The molecule has 0 bridgehead atoms. The van der Waals surface area contributed by atoms with E-state index in [1.165, 1.54) is 18.2 Å². The maximum absolute atomic E-state index is 13.5. The molecule has 0 N–H and O–H groups in total. The van der Waals surface area contributed by atoms with Crippen molar-refractivity contribution in [3.05, 3.63) is 63.7 Å². The Balaban J connectivity index is 2.47. The molecule has 0 aliphatic rings. The van der Waals surface area contributed by atoms with Crippen LogP contribution in [0.3, 0.4) is 0 Å². The first kappa shape index (κ1) is 14.2. The van der Waals surface area contributed by atoms with E-state index in [-0.39, 0.29) is 22.9 Å². The van der Waals surface area contributed by atoms with Gasteiger partial charge in [-0.3, -0.25) is 10.1 Å². The Morgan fingerprint density at radius 1 is 1.20 bits per heavy atom. The van der Waals surface area contributed by atoms with Crippen molar-refractivity contribution >= 4 is 17.3 Å². The quantitative estimate of drug-likeness (QED) is 0.477. The van der Waals surface area contributed by atoms with Crippen LogP contribution in [0.15, 0.2) is 36.4 Å².